The van der Waals surface area contributed by atoms with Gasteiger partial charge in [0.05, 0.1) is 5.56 Å². The number of carbonyl (C=O) groups is 1. The zero-order chi connectivity index (χ0) is 14.5. The quantitative estimate of drug-likeness (QED) is 0.835. The molecular formula is C16H17FN2O. The molecule has 1 amide bonds. The third-order valence-electron chi connectivity index (χ3n) is 3.00. The minimum absolute atomic E-state index is 0.117. The number of amides is 1. The highest BCUT2D eigenvalue weighted by atomic mass is 19.1. The van der Waals surface area contributed by atoms with Crippen molar-refractivity contribution < 1.29 is 9.18 Å². The lowest BCUT2D eigenvalue weighted by molar-refractivity contribution is 0.102. The minimum atomic E-state index is -0.618. The second-order valence-corrected chi connectivity index (χ2v) is 4.61. The molecular weight excluding hydrogens is 255 g/mol. The molecule has 0 radical (unpaired) electrons. The molecule has 0 fully saturated rings. The summed E-state index contributed by atoms with van der Waals surface area (Å²) in [5.74, 6) is -1.15. The fraction of sp³-hybridized carbons (Fsp3) is 0.188. The van der Waals surface area contributed by atoms with Crippen molar-refractivity contribution in [1.82, 2.24) is 0 Å². The Morgan fingerprint density at radius 2 is 2.00 bits per heavy atom. The largest absolute Gasteiger partial charge is 0.398 e. The topological polar surface area (TPSA) is 55.1 Å². The molecule has 20 heavy (non-hydrogen) atoms. The van der Waals surface area contributed by atoms with Crippen molar-refractivity contribution in [3.8, 4) is 0 Å². The van der Waals surface area contributed by atoms with Gasteiger partial charge in [0.1, 0.15) is 5.82 Å². The Kier molecular flexibility index (Phi) is 4.35. The van der Waals surface area contributed by atoms with Crippen LogP contribution in [0.2, 0.25) is 0 Å². The fourth-order valence-electron chi connectivity index (χ4n) is 2.07. The summed E-state index contributed by atoms with van der Waals surface area (Å²) in [7, 11) is 0. The van der Waals surface area contributed by atoms with Crippen LogP contribution < -0.4 is 11.1 Å². The van der Waals surface area contributed by atoms with Crippen LogP contribution in [0, 0.1) is 5.82 Å². The monoisotopic (exact) mass is 272 g/mol. The number of nitrogens with two attached hydrogens (primary N) is 1. The predicted octanol–water partition coefficient (Wildman–Crippen LogP) is 3.61. The lowest BCUT2D eigenvalue weighted by atomic mass is 10.1. The van der Waals surface area contributed by atoms with Crippen LogP contribution in [0.4, 0.5) is 15.8 Å². The molecule has 0 unspecified atom stereocenters. The zero-order valence-electron chi connectivity index (χ0n) is 11.3. The van der Waals surface area contributed by atoms with E-state index in [-0.39, 0.29) is 11.3 Å². The number of anilines is 2. The average molecular weight is 272 g/mol. The van der Waals surface area contributed by atoms with Crippen molar-refractivity contribution in [3.05, 3.63) is 59.4 Å². The minimum Gasteiger partial charge on any atom is -0.398 e. The second-order valence-electron chi connectivity index (χ2n) is 4.61. The fourth-order valence-corrected chi connectivity index (χ4v) is 2.07. The van der Waals surface area contributed by atoms with Crippen LogP contribution in [-0.2, 0) is 6.42 Å². The van der Waals surface area contributed by atoms with Gasteiger partial charge in [0, 0.05) is 11.4 Å². The zero-order valence-corrected chi connectivity index (χ0v) is 11.3. The third-order valence-corrected chi connectivity index (χ3v) is 3.00. The predicted molar refractivity (Wildman–Crippen MR) is 79.2 cm³/mol. The number of benzene rings is 2. The Bertz CT molecular complexity index is 605. The van der Waals surface area contributed by atoms with Crippen molar-refractivity contribution in [2.24, 2.45) is 0 Å². The Morgan fingerprint density at radius 3 is 2.70 bits per heavy atom. The highest BCUT2D eigenvalue weighted by Gasteiger charge is 2.15. The van der Waals surface area contributed by atoms with Gasteiger partial charge in [0.2, 0.25) is 0 Å². The van der Waals surface area contributed by atoms with E-state index in [0.29, 0.717) is 5.69 Å². The second kappa shape index (κ2) is 6.19. The molecule has 4 heteroatoms. The average Bonchev–Trinajstić information content (AvgIpc) is 2.39. The van der Waals surface area contributed by atoms with E-state index in [4.69, 9.17) is 5.73 Å². The van der Waals surface area contributed by atoms with Gasteiger partial charge in [-0.05, 0) is 36.2 Å². The van der Waals surface area contributed by atoms with Crippen LogP contribution in [0.5, 0.6) is 0 Å². The Balaban J connectivity index is 2.21. The van der Waals surface area contributed by atoms with E-state index in [0.717, 1.165) is 18.4 Å². The first-order valence-corrected chi connectivity index (χ1v) is 6.56. The number of hydrogen-bond donors (Lipinski definition) is 2. The molecule has 0 bridgehead atoms. The van der Waals surface area contributed by atoms with Gasteiger partial charge in [-0.15, -0.1) is 0 Å². The summed E-state index contributed by atoms with van der Waals surface area (Å²) in [6.07, 6.45) is 1.96. The molecule has 2 rings (SSSR count). The highest BCUT2D eigenvalue weighted by molar-refractivity contribution is 6.07. The molecule has 3 nitrogen and oxygen atoms in total. The van der Waals surface area contributed by atoms with Crippen LogP contribution in [0.1, 0.15) is 29.3 Å². The number of carbonyl (C=O) groups excluding carboxylic acids is 1. The maximum Gasteiger partial charge on any atom is 0.260 e. The van der Waals surface area contributed by atoms with Crippen molar-refractivity contribution in [2.45, 2.75) is 19.8 Å². The normalized spacial score (nSPS) is 10.3. The van der Waals surface area contributed by atoms with Crippen molar-refractivity contribution >= 4 is 17.3 Å². The number of hydrogen-bond acceptors (Lipinski definition) is 2. The molecule has 0 aliphatic rings. The first-order chi connectivity index (χ1) is 9.61. The molecule has 104 valence electrons. The summed E-state index contributed by atoms with van der Waals surface area (Å²) in [5.41, 5.74) is 7.44. The standard InChI is InChI=1S/C16H17FN2O/c1-2-5-11-6-3-7-12(10-11)19-16(20)15-13(17)8-4-9-14(15)18/h3-4,6-10H,2,5,18H2,1H3,(H,19,20). The molecule has 0 heterocycles. The molecule has 0 atom stereocenters. The summed E-state index contributed by atoms with van der Waals surface area (Å²) in [4.78, 5) is 12.1. The van der Waals surface area contributed by atoms with E-state index < -0.39 is 11.7 Å². The van der Waals surface area contributed by atoms with Gasteiger partial charge in [0.25, 0.3) is 5.91 Å². The summed E-state index contributed by atoms with van der Waals surface area (Å²) in [6, 6.07) is 11.7. The van der Waals surface area contributed by atoms with Gasteiger partial charge in [-0.1, -0.05) is 31.5 Å². The summed E-state index contributed by atoms with van der Waals surface area (Å²) < 4.78 is 13.7. The lowest BCUT2D eigenvalue weighted by Crippen LogP contribution is -2.16. The van der Waals surface area contributed by atoms with E-state index in [9.17, 15) is 9.18 Å². The highest BCUT2D eigenvalue weighted by Crippen LogP contribution is 2.19. The number of nitrogens with one attached hydrogen (secondary N) is 1. The van der Waals surface area contributed by atoms with Crippen molar-refractivity contribution in [2.75, 3.05) is 11.1 Å². The van der Waals surface area contributed by atoms with Gasteiger partial charge in [0.15, 0.2) is 0 Å². The molecule has 3 N–H and O–H groups in total. The van der Waals surface area contributed by atoms with Crippen LogP contribution in [0.3, 0.4) is 0 Å². The number of nitrogen functional groups attached to an aromatic ring is 1. The van der Waals surface area contributed by atoms with Crippen LogP contribution in [0.25, 0.3) is 0 Å². The van der Waals surface area contributed by atoms with Gasteiger partial charge in [-0.3, -0.25) is 4.79 Å². The number of aryl methyl sites for hydroxylation is 1. The maximum atomic E-state index is 13.7. The molecule has 0 aliphatic carbocycles. The molecule has 2 aromatic rings. The van der Waals surface area contributed by atoms with Crippen LogP contribution in [-0.4, -0.2) is 5.91 Å². The number of halogens is 1. The SMILES string of the molecule is CCCc1cccc(NC(=O)c2c(N)cccc2F)c1. The van der Waals surface area contributed by atoms with Gasteiger partial charge < -0.3 is 11.1 Å². The Hall–Kier alpha value is -2.36. The van der Waals surface area contributed by atoms with Crippen LogP contribution >= 0.6 is 0 Å². The van der Waals surface area contributed by atoms with Crippen LogP contribution in [0.15, 0.2) is 42.5 Å². The molecule has 0 saturated carbocycles. The van der Waals surface area contributed by atoms with Crippen molar-refractivity contribution in [1.29, 1.82) is 0 Å². The first kappa shape index (κ1) is 14.1. The molecule has 0 aromatic heterocycles. The van der Waals surface area contributed by atoms with Gasteiger partial charge >= 0.3 is 0 Å². The third kappa shape index (κ3) is 3.15. The van der Waals surface area contributed by atoms with E-state index in [1.807, 2.05) is 18.2 Å². The summed E-state index contributed by atoms with van der Waals surface area (Å²) in [6.45, 7) is 2.09. The van der Waals surface area contributed by atoms with E-state index in [1.54, 1.807) is 6.07 Å². The molecule has 2 aromatic carbocycles. The molecule has 0 saturated heterocycles. The van der Waals surface area contributed by atoms with Gasteiger partial charge in [-0.2, -0.15) is 0 Å². The van der Waals surface area contributed by atoms with Crippen molar-refractivity contribution in [3.63, 3.8) is 0 Å². The molecule has 0 spiro atoms. The van der Waals surface area contributed by atoms with E-state index in [2.05, 4.69) is 12.2 Å². The molecule has 0 aliphatic heterocycles. The first-order valence-electron chi connectivity index (χ1n) is 6.56. The lowest BCUT2D eigenvalue weighted by Gasteiger charge is -2.09. The van der Waals surface area contributed by atoms with Gasteiger partial charge in [-0.25, -0.2) is 4.39 Å². The van der Waals surface area contributed by atoms with E-state index in [1.165, 1.54) is 18.2 Å². The maximum absolute atomic E-state index is 13.7. The van der Waals surface area contributed by atoms with E-state index >= 15 is 0 Å². The smallest absolute Gasteiger partial charge is 0.260 e. The summed E-state index contributed by atoms with van der Waals surface area (Å²) in [5, 5.41) is 2.68. The summed E-state index contributed by atoms with van der Waals surface area (Å²) >= 11 is 0. The number of rotatable bonds is 4. The Labute approximate surface area is 117 Å². The Morgan fingerprint density at radius 1 is 1.25 bits per heavy atom.